The van der Waals surface area contributed by atoms with Crippen LogP contribution in [0.4, 0.5) is 0 Å². The number of nitrogens with one attached hydrogen (secondary N) is 1. The highest BCUT2D eigenvalue weighted by molar-refractivity contribution is 7.98. The molecule has 3 heteroatoms. The second kappa shape index (κ2) is 8.08. The number of hydrogen-bond donors (Lipinski definition) is 1. The topological polar surface area (TPSA) is 24.9 Å². The maximum Gasteiger partial charge on any atom is 0.0506 e. The summed E-state index contributed by atoms with van der Waals surface area (Å²) in [4.78, 5) is 5.66. The molecule has 0 amide bonds. The Morgan fingerprint density at radius 3 is 2.85 bits per heavy atom. The van der Waals surface area contributed by atoms with Gasteiger partial charge in [0.15, 0.2) is 0 Å². The Labute approximate surface area is 126 Å². The molecule has 20 heavy (non-hydrogen) atoms. The lowest BCUT2D eigenvalue weighted by Crippen LogP contribution is -2.19. The predicted molar refractivity (Wildman–Crippen MR) is 86.9 cm³/mol. The number of nitrogens with zero attached hydrogens (tertiary/aromatic N) is 1. The van der Waals surface area contributed by atoms with Crippen LogP contribution < -0.4 is 5.32 Å². The molecule has 0 aliphatic heterocycles. The van der Waals surface area contributed by atoms with Crippen LogP contribution >= 0.6 is 11.8 Å². The van der Waals surface area contributed by atoms with Crippen molar-refractivity contribution in [2.45, 2.75) is 37.0 Å². The van der Waals surface area contributed by atoms with Crippen molar-refractivity contribution in [2.24, 2.45) is 0 Å². The van der Waals surface area contributed by atoms with E-state index in [1.807, 2.05) is 30.1 Å². The quantitative estimate of drug-likeness (QED) is 0.762. The molecule has 1 heterocycles. The number of hydrogen-bond acceptors (Lipinski definition) is 3. The highest BCUT2D eigenvalue weighted by Crippen LogP contribution is 2.25. The van der Waals surface area contributed by atoms with E-state index in [1.54, 1.807) is 0 Å². The van der Waals surface area contributed by atoms with Crippen molar-refractivity contribution in [1.82, 2.24) is 10.3 Å². The summed E-state index contributed by atoms with van der Waals surface area (Å²) in [6.45, 7) is 5.48. The smallest absolute Gasteiger partial charge is 0.0506 e. The first-order chi connectivity index (χ1) is 9.79. The normalized spacial score (nSPS) is 12.3. The van der Waals surface area contributed by atoms with Gasteiger partial charge >= 0.3 is 0 Å². The van der Waals surface area contributed by atoms with E-state index in [4.69, 9.17) is 0 Å². The van der Waals surface area contributed by atoms with Crippen molar-refractivity contribution in [3.05, 3.63) is 59.9 Å². The number of pyridine rings is 1. The summed E-state index contributed by atoms with van der Waals surface area (Å²) in [7, 11) is 0. The minimum atomic E-state index is 0.408. The third-order valence-electron chi connectivity index (χ3n) is 3.17. The van der Waals surface area contributed by atoms with Crippen LogP contribution in [0.3, 0.4) is 0 Å². The van der Waals surface area contributed by atoms with Gasteiger partial charge in [0.2, 0.25) is 0 Å². The monoisotopic (exact) mass is 286 g/mol. The SMILES string of the molecule is CCCNC(C)c1cccc(SCc2ccccn2)c1. The largest absolute Gasteiger partial charge is 0.310 e. The molecule has 106 valence electrons. The van der Waals surface area contributed by atoms with E-state index in [0.29, 0.717) is 6.04 Å². The molecular formula is C17H22N2S. The molecule has 0 saturated heterocycles. The van der Waals surface area contributed by atoms with Crippen molar-refractivity contribution < 1.29 is 0 Å². The summed E-state index contributed by atoms with van der Waals surface area (Å²) in [6, 6.07) is 15.3. The Kier molecular flexibility index (Phi) is 6.09. The van der Waals surface area contributed by atoms with E-state index in [0.717, 1.165) is 18.0 Å². The molecule has 0 fully saturated rings. The van der Waals surface area contributed by atoms with Gasteiger partial charge in [-0.15, -0.1) is 11.8 Å². The van der Waals surface area contributed by atoms with E-state index in [-0.39, 0.29) is 0 Å². The number of aromatic nitrogens is 1. The van der Waals surface area contributed by atoms with Crippen LogP contribution in [-0.4, -0.2) is 11.5 Å². The minimum absolute atomic E-state index is 0.408. The van der Waals surface area contributed by atoms with Gasteiger partial charge in [-0.3, -0.25) is 4.98 Å². The average molecular weight is 286 g/mol. The van der Waals surface area contributed by atoms with Crippen molar-refractivity contribution in [1.29, 1.82) is 0 Å². The summed E-state index contributed by atoms with van der Waals surface area (Å²) >= 11 is 1.84. The minimum Gasteiger partial charge on any atom is -0.310 e. The Balaban J connectivity index is 1.95. The zero-order valence-electron chi connectivity index (χ0n) is 12.2. The lowest BCUT2D eigenvalue weighted by molar-refractivity contribution is 0.570. The van der Waals surface area contributed by atoms with Gasteiger partial charge in [-0.05, 0) is 49.7 Å². The molecule has 0 bridgehead atoms. The first-order valence-electron chi connectivity index (χ1n) is 7.15. The molecule has 0 radical (unpaired) electrons. The molecule has 1 atom stereocenters. The third kappa shape index (κ3) is 4.66. The average Bonchev–Trinajstić information content (AvgIpc) is 2.52. The van der Waals surface area contributed by atoms with Crippen LogP contribution in [-0.2, 0) is 5.75 Å². The highest BCUT2D eigenvalue weighted by Gasteiger charge is 2.05. The Hall–Kier alpha value is -1.32. The lowest BCUT2D eigenvalue weighted by atomic mass is 10.1. The van der Waals surface area contributed by atoms with Crippen LogP contribution in [0, 0.1) is 0 Å². The standard InChI is InChI=1S/C17H22N2S/c1-3-10-18-14(2)15-7-6-9-17(12-15)20-13-16-8-4-5-11-19-16/h4-9,11-12,14,18H,3,10,13H2,1-2H3. The molecule has 0 aliphatic carbocycles. The van der Waals surface area contributed by atoms with Crippen LogP contribution in [0.2, 0.25) is 0 Å². The summed E-state index contributed by atoms with van der Waals surface area (Å²) in [5.74, 6) is 0.918. The maximum absolute atomic E-state index is 4.36. The van der Waals surface area contributed by atoms with E-state index in [9.17, 15) is 0 Å². The fraction of sp³-hybridized carbons (Fsp3) is 0.353. The first kappa shape index (κ1) is 15.1. The maximum atomic E-state index is 4.36. The van der Waals surface area contributed by atoms with Crippen LogP contribution in [0.5, 0.6) is 0 Å². The van der Waals surface area contributed by atoms with Crippen LogP contribution in [0.1, 0.15) is 37.6 Å². The number of thioether (sulfide) groups is 1. The second-order valence-corrected chi connectivity index (χ2v) is 5.91. The zero-order valence-corrected chi connectivity index (χ0v) is 13.0. The molecule has 2 nitrogen and oxygen atoms in total. The molecule has 2 aromatic rings. The number of rotatable bonds is 7. The predicted octanol–water partition coefficient (Wildman–Crippen LogP) is 4.43. The van der Waals surface area contributed by atoms with Crippen molar-refractivity contribution >= 4 is 11.8 Å². The van der Waals surface area contributed by atoms with Crippen LogP contribution in [0.15, 0.2) is 53.6 Å². The molecule has 0 saturated carbocycles. The van der Waals surface area contributed by atoms with Gasteiger partial charge in [0.25, 0.3) is 0 Å². The zero-order chi connectivity index (χ0) is 14.2. The highest BCUT2D eigenvalue weighted by atomic mass is 32.2. The van der Waals surface area contributed by atoms with Gasteiger partial charge in [-0.25, -0.2) is 0 Å². The fourth-order valence-corrected chi connectivity index (χ4v) is 2.87. The third-order valence-corrected chi connectivity index (χ3v) is 4.20. The lowest BCUT2D eigenvalue weighted by Gasteiger charge is -2.14. The molecule has 1 unspecified atom stereocenters. The van der Waals surface area contributed by atoms with Crippen molar-refractivity contribution in [3.8, 4) is 0 Å². The van der Waals surface area contributed by atoms with Gasteiger partial charge in [0.05, 0.1) is 5.69 Å². The molecule has 1 aromatic heterocycles. The van der Waals surface area contributed by atoms with Gasteiger partial charge in [0, 0.05) is 22.9 Å². The van der Waals surface area contributed by atoms with E-state index in [1.165, 1.54) is 16.9 Å². The summed E-state index contributed by atoms with van der Waals surface area (Å²) < 4.78 is 0. The van der Waals surface area contributed by atoms with Gasteiger partial charge in [-0.1, -0.05) is 25.1 Å². The molecule has 0 spiro atoms. The Bertz CT molecular complexity index is 513. The summed E-state index contributed by atoms with van der Waals surface area (Å²) in [6.07, 6.45) is 3.02. The Morgan fingerprint density at radius 2 is 2.10 bits per heavy atom. The molecule has 1 aromatic carbocycles. The van der Waals surface area contributed by atoms with Crippen molar-refractivity contribution in [3.63, 3.8) is 0 Å². The molecule has 1 N–H and O–H groups in total. The van der Waals surface area contributed by atoms with E-state index >= 15 is 0 Å². The first-order valence-corrected chi connectivity index (χ1v) is 8.14. The van der Waals surface area contributed by atoms with Crippen LogP contribution in [0.25, 0.3) is 0 Å². The van der Waals surface area contributed by atoms with Gasteiger partial charge < -0.3 is 5.32 Å². The van der Waals surface area contributed by atoms with E-state index in [2.05, 4.69) is 54.5 Å². The van der Waals surface area contributed by atoms with Gasteiger partial charge in [0.1, 0.15) is 0 Å². The number of benzene rings is 1. The van der Waals surface area contributed by atoms with Crippen molar-refractivity contribution in [2.75, 3.05) is 6.54 Å². The molecular weight excluding hydrogens is 264 g/mol. The second-order valence-electron chi connectivity index (χ2n) is 4.86. The molecule has 2 rings (SSSR count). The Morgan fingerprint density at radius 1 is 1.20 bits per heavy atom. The molecule has 0 aliphatic rings. The summed E-state index contributed by atoms with van der Waals surface area (Å²) in [5, 5.41) is 3.53. The van der Waals surface area contributed by atoms with Gasteiger partial charge in [-0.2, -0.15) is 0 Å². The van der Waals surface area contributed by atoms with E-state index < -0.39 is 0 Å². The fourth-order valence-electron chi connectivity index (χ4n) is 1.99. The summed E-state index contributed by atoms with van der Waals surface area (Å²) in [5.41, 5.74) is 2.48.